The van der Waals surface area contributed by atoms with E-state index in [1.54, 1.807) is 0 Å². The Hall–Kier alpha value is -0.300. The van der Waals surface area contributed by atoms with E-state index in [9.17, 15) is 19.8 Å². The first-order chi connectivity index (χ1) is 7.41. The van der Waals surface area contributed by atoms with Crippen LogP contribution in [0, 0.1) is 0 Å². The molecule has 0 saturated heterocycles. The number of rotatable bonds is 3. The van der Waals surface area contributed by atoms with Crippen molar-refractivity contribution in [2.24, 2.45) is 0 Å². The van der Waals surface area contributed by atoms with E-state index >= 15 is 0 Å². The molecule has 0 spiro atoms. The molecule has 84 valence electrons. The van der Waals surface area contributed by atoms with Crippen LogP contribution in [0.4, 0.5) is 5.69 Å². The van der Waals surface area contributed by atoms with Gasteiger partial charge in [-0.05, 0) is 41.8 Å². The van der Waals surface area contributed by atoms with Crippen LogP contribution in [0.2, 0.25) is 0 Å². The van der Waals surface area contributed by atoms with Gasteiger partial charge in [0.15, 0.2) is 0 Å². The van der Waals surface area contributed by atoms with Gasteiger partial charge in [0.1, 0.15) is 0 Å². The molecule has 0 heterocycles. The van der Waals surface area contributed by atoms with E-state index < -0.39 is 11.9 Å². The van der Waals surface area contributed by atoms with Gasteiger partial charge in [-0.15, -0.1) is 0 Å². The number of nitrogen functional groups attached to an aromatic ring is 1. The maximum absolute atomic E-state index is 10.6. The summed E-state index contributed by atoms with van der Waals surface area (Å²) in [5.74, 6) is -2.68. The fraction of sp³-hybridized carbons (Fsp3) is 0.0909. The predicted octanol–water partition coefficient (Wildman–Crippen LogP) is -7.21. The van der Waals surface area contributed by atoms with Crippen molar-refractivity contribution in [3.8, 4) is 0 Å². The van der Waals surface area contributed by atoms with Crippen molar-refractivity contribution in [3.63, 3.8) is 0 Å². The third-order valence-electron chi connectivity index (χ3n) is 2.02. The smallest absolute Gasteiger partial charge is 0.545 e. The van der Waals surface area contributed by atoms with Crippen LogP contribution in [0.5, 0.6) is 0 Å². The molecule has 5 nitrogen and oxygen atoms in total. The quantitative estimate of drug-likeness (QED) is 0.332. The van der Waals surface area contributed by atoms with Gasteiger partial charge >= 0.3 is 59.1 Å². The Morgan fingerprint density at radius 2 is 1.78 bits per heavy atom. The predicted molar refractivity (Wildman–Crippen MR) is 53.8 cm³/mol. The molecule has 0 unspecified atom stereocenters. The molecule has 1 rings (SSSR count). The van der Waals surface area contributed by atoms with E-state index in [0.717, 1.165) is 0 Å². The second-order valence-electron chi connectivity index (χ2n) is 3.25. The summed E-state index contributed by atoms with van der Waals surface area (Å²) in [6.45, 7) is 1.33. The Balaban J connectivity index is 0. The Kier molecular flexibility index (Phi) is 9.73. The maximum Gasteiger partial charge on any atom is 1.00 e. The fourth-order valence-electron chi connectivity index (χ4n) is 1.12. The topological polar surface area (TPSA) is 106 Å². The van der Waals surface area contributed by atoms with Gasteiger partial charge in [-0.1, -0.05) is 6.07 Å². The summed E-state index contributed by atoms with van der Waals surface area (Å²) < 4.78 is 0. The minimum Gasteiger partial charge on any atom is -0.545 e. The number of carboxylic acid groups (broad SMARTS) is 2. The van der Waals surface area contributed by atoms with Crippen LogP contribution in [-0.4, -0.2) is 11.9 Å². The molecule has 0 atom stereocenters. The van der Waals surface area contributed by atoms with Crippen molar-refractivity contribution in [1.29, 1.82) is 0 Å². The average molecular weight is 265 g/mol. The number of anilines is 1. The van der Waals surface area contributed by atoms with E-state index in [2.05, 4.69) is 0 Å². The van der Waals surface area contributed by atoms with Gasteiger partial charge in [0.25, 0.3) is 0 Å². The van der Waals surface area contributed by atoms with Crippen LogP contribution >= 0.6 is 0 Å². The SMILES string of the molecule is C/C(=C\c1cc(C(=O)[O-])ccc1N)C(=O)[O-].[Na+].[Na+]. The van der Waals surface area contributed by atoms with Crippen LogP contribution in [0.3, 0.4) is 0 Å². The summed E-state index contributed by atoms with van der Waals surface area (Å²) >= 11 is 0. The normalized spacial score (nSPS) is 9.94. The van der Waals surface area contributed by atoms with Gasteiger partial charge in [0.2, 0.25) is 0 Å². The van der Waals surface area contributed by atoms with E-state index in [1.807, 2.05) is 0 Å². The van der Waals surface area contributed by atoms with Gasteiger partial charge < -0.3 is 25.5 Å². The number of benzene rings is 1. The number of carbonyl (C=O) groups excluding carboxylic acids is 2. The average Bonchev–Trinajstić information content (AvgIpc) is 2.20. The molecule has 0 radical (unpaired) electrons. The molecule has 0 saturated carbocycles. The molecule has 2 N–H and O–H groups in total. The molecule has 0 amide bonds. The fourth-order valence-corrected chi connectivity index (χ4v) is 1.12. The van der Waals surface area contributed by atoms with Crippen molar-refractivity contribution >= 4 is 23.7 Å². The third kappa shape index (κ3) is 5.56. The van der Waals surface area contributed by atoms with E-state index in [-0.39, 0.29) is 75.9 Å². The van der Waals surface area contributed by atoms with Gasteiger partial charge in [0, 0.05) is 5.69 Å². The van der Waals surface area contributed by atoms with Crippen LogP contribution in [-0.2, 0) is 4.79 Å². The first kappa shape index (κ1) is 20.0. The van der Waals surface area contributed by atoms with Crippen molar-refractivity contribution in [2.75, 3.05) is 5.73 Å². The summed E-state index contributed by atoms with van der Waals surface area (Å²) in [4.78, 5) is 21.1. The molecular weight excluding hydrogens is 256 g/mol. The van der Waals surface area contributed by atoms with Gasteiger partial charge in [-0.3, -0.25) is 0 Å². The molecule has 1 aromatic carbocycles. The summed E-state index contributed by atoms with van der Waals surface area (Å²) in [6.07, 6.45) is 1.25. The molecule has 0 bridgehead atoms. The van der Waals surface area contributed by atoms with Crippen LogP contribution < -0.4 is 75.1 Å². The molecule has 1 aromatic rings. The second kappa shape index (κ2) is 8.74. The standard InChI is InChI=1S/C11H11NO4.2Na/c1-6(10(13)14)4-8-5-7(11(15)16)2-3-9(8)12;;/h2-5H,12H2,1H3,(H,13,14)(H,15,16);;/q;2*+1/p-2/b6-4+;;. The molecule has 0 aromatic heterocycles. The zero-order valence-electron chi connectivity index (χ0n) is 10.5. The minimum atomic E-state index is -1.35. The molecule has 0 aliphatic heterocycles. The molecule has 0 fully saturated rings. The Morgan fingerprint density at radius 3 is 2.22 bits per heavy atom. The third-order valence-corrected chi connectivity index (χ3v) is 2.02. The molecule has 0 aliphatic carbocycles. The molecular formula is C11H9NNa2O4. The van der Waals surface area contributed by atoms with Gasteiger partial charge in [-0.2, -0.15) is 0 Å². The first-order valence-electron chi connectivity index (χ1n) is 4.42. The number of carbonyl (C=O) groups is 2. The number of aliphatic carboxylic acids is 1. The second-order valence-corrected chi connectivity index (χ2v) is 3.25. The number of hydrogen-bond acceptors (Lipinski definition) is 5. The summed E-state index contributed by atoms with van der Waals surface area (Å²) in [5, 5.41) is 21.1. The summed E-state index contributed by atoms with van der Waals surface area (Å²) in [5.41, 5.74) is 6.06. The van der Waals surface area contributed by atoms with Crippen LogP contribution in [0.25, 0.3) is 6.08 Å². The maximum atomic E-state index is 10.6. The number of hydrogen-bond donors (Lipinski definition) is 1. The zero-order valence-corrected chi connectivity index (χ0v) is 14.5. The minimum absolute atomic E-state index is 0. The van der Waals surface area contributed by atoms with Crippen LogP contribution in [0.1, 0.15) is 22.8 Å². The van der Waals surface area contributed by atoms with Gasteiger partial charge in [-0.25, -0.2) is 0 Å². The van der Waals surface area contributed by atoms with Crippen molar-refractivity contribution in [3.05, 3.63) is 34.9 Å². The molecule has 18 heavy (non-hydrogen) atoms. The number of carboxylic acids is 2. The Bertz CT molecular complexity index is 486. The molecule has 0 aliphatic rings. The number of nitrogens with two attached hydrogens (primary N) is 1. The van der Waals surface area contributed by atoms with Crippen molar-refractivity contribution in [1.82, 2.24) is 0 Å². The van der Waals surface area contributed by atoms with E-state index in [0.29, 0.717) is 5.56 Å². The number of aromatic carboxylic acids is 1. The van der Waals surface area contributed by atoms with E-state index in [4.69, 9.17) is 5.73 Å². The van der Waals surface area contributed by atoms with Crippen molar-refractivity contribution < 1.29 is 78.9 Å². The Morgan fingerprint density at radius 1 is 1.22 bits per heavy atom. The Labute approximate surface area is 149 Å². The van der Waals surface area contributed by atoms with Crippen molar-refractivity contribution in [2.45, 2.75) is 6.92 Å². The van der Waals surface area contributed by atoms with Gasteiger partial charge in [0.05, 0.1) is 11.9 Å². The summed E-state index contributed by atoms with van der Waals surface area (Å²) in [6, 6.07) is 3.91. The summed E-state index contributed by atoms with van der Waals surface area (Å²) in [7, 11) is 0. The molecule has 7 heteroatoms. The van der Waals surface area contributed by atoms with Crippen LogP contribution in [0.15, 0.2) is 23.8 Å². The largest absolute Gasteiger partial charge is 1.00 e. The van der Waals surface area contributed by atoms with E-state index in [1.165, 1.54) is 31.2 Å². The first-order valence-corrected chi connectivity index (χ1v) is 4.42. The monoisotopic (exact) mass is 265 g/mol. The zero-order chi connectivity index (χ0) is 12.3.